The van der Waals surface area contributed by atoms with Gasteiger partial charge in [0.05, 0.1) is 5.69 Å². The fourth-order valence-electron chi connectivity index (χ4n) is 3.88. The van der Waals surface area contributed by atoms with Crippen molar-refractivity contribution in [1.29, 1.82) is 0 Å². The zero-order valence-electron chi connectivity index (χ0n) is 17.3. The summed E-state index contributed by atoms with van der Waals surface area (Å²) in [6.07, 6.45) is 1.77. The van der Waals surface area contributed by atoms with Gasteiger partial charge in [-0.1, -0.05) is 31.2 Å². The lowest BCUT2D eigenvalue weighted by Crippen LogP contribution is -2.41. The molecule has 2 aromatic carbocycles. The van der Waals surface area contributed by atoms with Gasteiger partial charge in [0.1, 0.15) is 23.1 Å². The van der Waals surface area contributed by atoms with Crippen LogP contribution < -0.4 is 10.0 Å². The fraction of sp³-hybridized carbons (Fsp3) is 0.136. The molecular formula is C22H18F2N6O2S. The maximum absolute atomic E-state index is 15.0. The highest BCUT2D eigenvalue weighted by Gasteiger charge is 2.32. The molecule has 2 N–H and O–H groups in total. The summed E-state index contributed by atoms with van der Waals surface area (Å²) in [5, 5.41) is 11.0. The lowest BCUT2D eigenvalue weighted by Gasteiger charge is -2.26. The summed E-state index contributed by atoms with van der Waals surface area (Å²) in [4.78, 5) is 4.14. The van der Waals surface area contributed by atoms with Crippen LogP contribution in [0.15, 0.2) is 70.7 Å². The van der Waals surface area contributed by atoms with Crippen molar-refractivity contribution in [3.8, 4) is 0 Å². The van der Waals surface area contributed by atoms with Crippen LogP contribution in [0.2, 0.25) is 0 Å². The Morgan fingerprint density at radius 2 is 1.82 bits per heavy atom. The second-order valence-corrected chi connectivity index (χ2v) is 9.17. The molecule has 0 bridgehead atoms. The number of benzene rings is 2. The predicted octanol–water partition coefficient (Wildman–Crippen LogP) is 3.42. The molecule has 0 amide bonds. The molecule has 1 aliphatic heterocycles. The van der Waals surface area contributed by atoms with Crippen molar-refractivity contribution in [2.75, 3.05) is 5.32 Å². The third kappa shape index (κ3) is 3.69. The molecule has 11 heteroatoms. The molecule has 0 aliphatic carbocycles. The topological polar surface area (TPSA) is 101 Å². The quantitative estimate of drug-likeness (QED) is 0.478. The molecule has 33 heavy (non-hydrogen) atoms. The SMILES string of the molecule is CC(c1ccccc1F)c1c(F)ccc2c1NC(=NCc1nnc3ccccn13)NS2(=O)=O. The Labute approximate surface area is 188 Å². The van der Waals surface area contributed by atoms with E-state index in [9.17, 15) is 17.2 Å². The molecule has 0 saturated heterocycles. The van der Waals surface area contributed by atoms with Gasteiger partial charge in [-0.05, 0) is 35.9 Å². The number of pyridine rings is 1. The lowest BCUT2D eigenvalue weighted by atomic mass is 9.91. The van der Waals surface area contributed by atoms with E-state index in [2.05, 4.69) is 25.2 Å². The molecule has 4 aromatic rings. The summed E-state index contributed by atoms with van der Waals surface area (Å²) in [6.45, 7) is 1.63. The first-order valence-electron chi connectivity index (χ1n) is 10.0. The molecule has 0 radical (unpaired) electrons. The molecule has 1 unspecified atom stereocenters. The van der Waals surface area contributed by atoms with Gasteiger partial charge in [0, 0.05) is 17.7 Å². The van der Waals surface area contributed by atoms with Crippen LogP contribution in [0.3, 0.4) is 0 Å². The first-order valence-corrected chi connectivity index (χ1v) is 11.5. The average Bonchev–Trinajstić information content (AvgIpc) is 3.20. The Morgan fingerprint density at radius 1 is 1.03 bits per heavy atom. The number of halogens is 2. The van der Waals surface area contributed by atoms with Crippen molar-refractivity contribution in [2.24, 2.45) is 4.99 Å². The average molecular weight is 468 g/mol. The minimum Gasteiger partial charge on any atom is -0.324 e. The molecule has 5 rings (SSSR count). The number of aliphatic imine (C=N–C) groups is 1. The van der Waals surface area contributed by atoms with Crippen LogP contribution in [-0.4, -0.2) is 29.0 Å². The highest BCUT2D eigenvalue weighted by Crippen LogP contribution is 2.38. The number of hydrogen-bond acceptors (Lipinski definition) is 5. The van der Waals surface area contributed by atoms with Crippen molar-refractivity contribution in [3.05, 3.63) is 89.4 Å². The van der Waals surface area contributed by atoms with E-state index in [1.54, 1.807) is 35.7 Å². The van der Waals surface area contributed by atoms with Crippen LogP contribution in [0.5, 0.6) is 0 Å². The zero-order chi connectivity index (χ0) is 23.2. The molecule has 168 valence electrons. The Kier molecular flexibility index (Phi) is 5.05. The van der Waals surface area contributed by atoms with Crippen LogP contribution >= 0.6 is 0 Å². The maximum Gasteiger partial charge on any atom is 0.266 e. The number of guanidine groups is 1. The molecule has 0 fully saturated rings. The van der Waals surface area contributed by atoms with E-state index >= 15 is 0 Å². The van der Waals surface area contributed by atoms with Crippen molar-refractivity contribution < 1.29 is 17.2 Å². The second-order valence-electron chi connectivity index (χ2n) is 7.52. The van der Waals surface area contributed by atoms with Crippen molar-refractivity contribution in [2.45, 2.75) is 24.3 Å². The zero-order valence-corrected chi connectivity index (χ0v) is 18.1. The van der Waals surface area contributed by atoms with Crippen molar-refractivity contribution in [3.63, 3.8) is 0 Å². The van der Waals surface area contributed by atoms with Gasteiger partial charge in [-0.3, -0.25) is 4.40 Å². The smallest absolute Gasteiger partial charge is 0.266 e. The molecule has 0 saturated carbocycles. The summed E-state index contributed by atoms with van der Waals surface area (Å²) in [5.41, 5.74) is 0.923. The first-order chi connectivity index (χ1) is 15.8. The molecule has 0 spiro atoms. The van der Waals surface area contributed by atoms with Gasteiger partial charge in [0.15, 0.2) is 11.5 Å². The number of rotatable bonds is 4. The molecule has 1 atom stereocenters. The molecular weight excluding hydrogens is 450 g/mol. The number of nitrogens with zero attached hydrogens (tertiary/aromatic N) is 4. The van der Waals surface area contributed by atoms with Gasteiger partial charge in [-0.25, -0.2) is 26.9 Å². The van der Waals surface area contributed by atoms with Gasteiger partial charge in [0.2, 0.25) is 5.96 Å². The van der Waals surface area contributed by atoms with E-state index in [1.165, 1.54) is 18.2 Å². The standard InChI is InChI=1S/C22H18F2N6O2S/c1-13(14-6-2-3-7-15(14)23)20-16(24)9-10-17-21(20)26-22(29-33(17,31)32)25-12-19-28-27-18-8-4-5-11-30(18)19/h2-11,13H,12H2,1H3,(H2,25,26,29). The minimum absolute atomic E-state index is 0.0128. The van der Waals surface area contributed by atoms with Crippen LogP contribution in [0, 0.1) is 11.6 Å². The van der Waals surface area contributed by atoms with Crippen molar-refractivity contribution >= 4 is 27.3 Å². The monoisotopic (exact) mass is 468 g/mol. The van der Waals surface area contributed by atoms with Crippen LogP contribution in [0.1, 0.15) is 29.8 Å². The van der Waals surface area contributed by atoms with E-state index < -0.39 is 27.6 Å². The van der Waals surface area contributed by atoms with Crippen molar-refractivity contribution in [1.82, 2.24) is 19.3 Å². The predicted molar refractivity (Wildman–Crippen MR) is 118 cm³/mol. The van der Waals surface area contributed by atoms with Gasteiger partial charge in [0.25, 0.3) is 10.0 Å². The highest BCUT2D eigenvalue weighted by atomic mass is 32.2. The van der Waals surface area contributed by atoms with Gasteiger partial charge in [-0.15, -0.1) is 10.2 Å². The minimum atomic E-state index is -4.04. The number of anilines is 1. The lowest BCUT2D eigenvalue weighted by molar-refractivity contribution is 0.577. The van der Waals surface area contributed by atoms with E-state index in [1.807, 2.05) is 12.1 Å². The van der Waals surface area contributed by atoms with E-state index in [0.717, 1.165) is 6.07 Å². The Balaban J connectivity index is 1.56. The Bertz CT molecular complexity index is 1520. The van der Waals surface area contributed by atoms with Crippen LogP contribution in [0.4, 0.5) is 14.5 Å². The fourth-order valence-corrected chi connectivity index (χ4v) is 5.04. The summed E-state index contributed by atoms with van der Waals surface area (Å²) in [6, 6.07) is 13.6. The maximum atomic E-state index is 15.0. The number of aromatic nitrogens is 3. The number of fused-ring (bicyclic) bond motifs is 2. The summed E-state index contributed by atoms with van der Waals surface area (Å²) >= 11 is 0. The second kappa shape index (κ2) is 7.93. The molecule has 3 heterocycles. The third-order valence-corrected chi connectivity index (χ3v) is 6.87. The molecule has 2 aromatic heterocycles. The number of sulfonamides is 1. The summed E-state index contributed by atoms with van der Waals surface area (Å²) in [5.74, 6) is -1.53. The van der Waals surface area contributed by atoms with E-state index in [4.69, 9.17) is 0 Å². The summed E-state index contributed by atoms with van der Waals surface area (Å²) in [7, 11) is -4.04. The van der Waals surface area contributed by atoms with E-state index in [0.29, 0.717) is 11.5 Å². The first kappa shape index (κ1) is 21.0. The molecule has 1 aliphatic rings. The van der Waals surface area contributed by atoms with E-state index in [-0.39, 0.29) is 34.2 Å². The normalized spacial score (nSPS) is 16.8. The highest BCUT2D eigenvalue weighted by molar-refractivity contribution is 7.90. The third-order valence-electron chi connectivity index (χ3n) is 5.49. The Hall–Kier alpha value is -3.86. The van der Waals surface area contributed by atoms with Crippen LogP contribution in [0.25, 0.3) is 5.65 Å². The largest absolute Gasteiger partial charge is 0.324 e. The summed E-state index contributed by atoms with van der Waals surface area (Å²) < 4.78 is 59.2. The molecule has 8 nitrogen and oxygen atoms in total. The van der Waals surface area contributed by atoms with Crippen LogP contribution in [-0.2, 0) is 16.6 Å². The number of hydrogen-bond donors (Lipinski definition) is 2. The Morgan fingerprint density at radius 3 is 2.64 bits per heavy atom. The van der Waals surface area contributed by atoms with Gasteiger partial charge >= 0.3 is 0 Å². The van der Waals surface area contributed by atoms with Gasteiger partial charge in [-0.2, -0.15) is 0 Å². The number of nitrogens with one attached hydrogen (secondary N) is 2. The van der Waals surface area contributed by atoms with Gasteiger partial charge < -0.3 is 5.32 Å².